The maximum Gasteiger partial charge on any atom is 0.289 e. The molecule has 1 aromatic rings. The molecule has 1 aliphatic heterocycles. The third kappa shape index (κ3) is 2.76. The molecule has 0 saturated carbocycles. The van der Waals surface area contributed by atoms with Crippen molar-refractivity contribution >= 4 is 23.1 Å². The Labute approximate surface area is 117 Å². The van der Waals surface area contributed by atoms with Crippen molar-refractivity contribution < 1.29 is 9.21 Å². The largest absolute Gasteiger partial charge is 0.438 e. The lowest BCUT2D eigenvalue weighted by molar-refractivity contribution is 0.0861. The average Bonchev–Trinajstić information content (AvgIpc) is 2.78. The van der Waals surface area contributed by atoms with E-state index < -0.39 is 5.54 Å². The molecule has 6 nitrogen and oxygen atoms in total. The molecule has 19 heavy (non-hydrogen) atoms. The van der Waals surface area contributed by atoms with Crippen molar-refractivity contribution in [2.75, 3.05) is 20.1 Å². The van der Waals surface area contributed by atoms with Gasteiger partial charge in [-0.3, -0.25) is 4.79 Å². The topological polar surface area (TPSA) is 84.4 Å². The van der Waals surface area contributed by atoms with Crippen LogP contribution < -0.4 is 11.1 Å². The molecule has 2 heterocycles. The van der Waals surface area contributed by atoms with Gasteiger partial charge in [0.1, 0.15) is 0 Å². The molecule has 0 aromatic carbocycles. The Morgan fingerprint density at radius 1 is 1.58 bits per heavy atom. The number of nitrogens with two attached hydrogens (primary N) is 1. The number of nitrogens with one attached hydrogen (secondary N) is 1. The number of amides is 1. The number of rotatable bonds is 3. The van der Waals surface area contributed by atoms with Crippen LogP contribution in [0.15, 0.2) is 10.8 Å². The fraction of sp³-hybridized carbons (Fsp3) is 0.583. The summed E-state index contributed by atoms with van der Waals surface area (Å²) in [6.07, 6.45) is 2.67. The highest BCUT2D eigenvalue weighted by Crippen LogP contribution is 2.23. The normalized spacial score (nSPS) is 19.1. The SMILES string of the molecule is Cc1ncoc1C(=O)NC1(C(N)=S)CCN(C)CC1. The van der Waals surface area contributed by atoms with E-state index in [2.05, 4.69) is 15.2 Å². The molecular formula is C12H18N4O2S. The molecule has 0 radical (unpaired) electrons. The van der Waals surface area contributed by atoms with E-state index >= 15 is 0 Å². The molecule has 1 amide bonds. The predicted octanol–water partition coefficient (Wildman–Crippen LogP) is 0.463. The van der Waals surface area contributed by atoms with Crippen molar-refractivity contribution in [1.29, 1.82) is 0 Å². The standard InChI is InChI=1S/C12H18N4O2S/c1-8-9(18-7-14-8)10(17)15-12(11(13)19)3-5-16(2)6-4-12/h7H,3-6H2,1-2H3,(H2,13,19)(H,15,17). The summed E-state index contributed by atoms with van der Waals surface area (Å²) < 4.78 is 5.10. The summed E-state index contributed by atoms with van der Waals surface area (Å²) in [5, 5.41) is 2.93. The smallest absolute Gasteiger partial charge is 0.289 e. The van der Waals surface area contributed by atoms with Gasteiger partial charge in [0.25, 0.3) is 5.91 Å². The van der Waals surface area contributed by atoms with E-state index in [4.69, 9.17) is 22.4 Å². The minimum Gasteiger partial charge on any atom is -0.438 e. The number of thiocarbonyl (C=S) groups is 1. The monoisotopic (exact) mass is 282 g/mol. The van der Waals surface area contributed by atoms with Crippen LogP contribution in [0.5, 0.6) is 0 Å². The molecular weight excluding hydrogens is 264 g/mol. The molecule has 0 aliphatic carbocycles. The van der Waals surface area contributed by atoms with Gasteiger partial charge in [-0.05, 0) is 26.8 Å². The lowest BCUT2D eigenvalue weighted by atomic mass is 9.87. The highest BCUT2D eigenvalue weighted by molar-refractivity contribution is 7.80. The summed E-state index contributed by atoms with van der Waals surface area (Å²) >= 11 is 5.15. The fourth-order valence-corrected chi connectivity index (χ4v) is 2.48. The molecule has 104 valence electrons. The first-order valence-electron chi connectivity index (χ1n) is 6.16. The first kappa shape index (κ1) is 14.0. The van der Waals surface area contributed by atoms with Gasteiger partial charge >= 0.3 is 0 Å². The molecule has 2 rings (SSSR count). The van der Waals surface area contributed by atoms with Gasteiger partial charge in [0.05, 0.1) is 16.2 Å². The molecule has 1 aliphatic rings. The summed E-state index contributed by atoms with van der Waals surface area (Å²) in [6.45, 7) is 3.40. The second-order valence-electron chi connectivity index (χ2n) is 4.97. The maximum atomic E-state index is 12.2. The van der Waals surface area contributed by atoms with Crippen molar-refractivity contribution in [3.05, 3.63) is 17.8 Å². The van der Waals surface area contributed by atoms with Crippen LogP contribution >= 0.6 is 12.2 Å². The molecule has 0 atom stereocenters. The van der Waals surface area contributed by atoms with Crippen LogP contribution in [0.4, 0.5) is 0 Å². The number of oxazole rings is 1. The van der Waals surface area contributed by atoms with E-state index in [0.717, 1.165) is 13.1 Å². The van der Waals surface area contributed by atoms with Crippen molar-refractivity contribution in [2.24, 2.45) is 5.73 Å². The second kappa shape index (κ2) is 5.26. The summed E-state index contributed by atoms with van der Waals surface area (Å²) in [5.41, 5.74) is 5.77. The van der Waals surface area contributed by atoms with E-state index in [1.165, 1.54) is 6.39 Å². The quantitative estimate of drug-likeness (QED) is 0.784. The molecule has 1 saturated heterocycles. The lowest BCUT2D eigenvalue weighted by Crippen LogP contribution is -2.61. The highest BCUT2D eigenvalue weighted by atomic mass is 32.1. The Bertz CT molecular complexity index is 492. The van der Waals surface area contributed by atoms with Crippen LogP contribution in [-0.2, 0) is 0 Å². The highest BCUT2D eigenvalue weighted by Gasteiger charge is 2.38. The van der Waals surface area contributed by atoms with Crippen LogP contribution in [0.25, 0.3) is 0 Å². The van der Waals surface area contributed by atoms with Crippen molar-refractivity contribution in [3.63, 3.8) is 0 Å². The molecule has 0 spiro atoms. The van der Waals surface area contributed by atoms with Gasteiger partial charge < -0.3 is 20.4 Å². The number of hydrogen-bond acceptors (Lipinski definition) is 5. The molecule has 3 N–H and O–H groups in total. The average molecular weight is 282 g/mol. The van der Waals surface area contributed by atoms with Gasteiger partial charge in [-0.25, -0.2) is 4.98 Å². The maximum absolute atomic E-state index is 12.2. The second-order valence-corrected chi connectivity index (χ2v) is 5.41. The van der Waals surface area contributed by atoms with Gasteiger partial charge in [-0.15, -0.1) is 0 Å². The zero-order valence-corrected chi connectivity index (χ0v) is 11.9. The Morgan fingerprint density at radius 2 is 2.21 bits per heavy atom. The number of carbonyl (C=O) groups excluding carboxylic acids is 1. The third-order valence-corrected chi connectivity index (χ3v) is 4.01. The number of hydrogen-bond donors (Lipinski definition) is 2. The van der Waals surface area contributed by atoms with Crippen molar-refractivity contribution in [1.82, 2.24) is 15.2 Å². The number of aromatic nitrogens is 1. The zero-order valence-electron chi connectivity index (χ0n) is 11.1. The first-order valence-corrected chi connectivity index (χ1v) is 6.56. The van der Waals surface area contributed by atoms with E-state index in [1.807, 2.05) is 7.05 Å². The minimum atomic E-state index is -0.627. The van der Waals surface area contributed by atoms with Crippen LogP contribution in [0, 0.1) is 6.92 Å². The molecule has 0 unspecified atom stereocenters. The van der Waals surface area contributed by atoms with Gasteiger partial charge in [0.2, 0.25) is 5.76 Å². The van der Waals surface area contributed by atoms with E-state index in [9.17, 15) is 4.79 Å². The lowest BCUT2D eigenvalue weighted by Gasteiger charge is -2.40. The van der Waals surface area contributed by atoms with E-state index in [0.29, 0.717) is 23.5 Å². The zero-order chi connectivity index (χ0) is 14.0. The number of piperidine rings is 1. The molecule has 0 bridgehead atoms. The third-order valence-electron chi connectivity index (χ3n) is 3.62. The van der Waals surface area contributed by atoms with Crippen molar-refractivity contribution in [3.8, 4) is 0 Å². The first-order chi connectivity index (χ1) is 8.94. The van der Waals surface area contributed by atoms with Crippen LogP contribution in [0.2, 0.25) is 0 Å². The molecule has 1 aromatic heterocycles. The fourth-order valence-electron chi connectivity index (χ4n) is 2.23. The number of aryl methyl sites for hydroxylation is 1. The molecule has 7 heteroatoms. The number of nitrogens with zero attached hydrogens (tertiary/aromatic N) is 2. The predicted molar refractivity (Wildman–Crippen MR) is 75.0 cm³/mol. The summed E-state index contributed by atoms with van der Waals surface area (Å²) in [7, 11) is 2.03. The Balaban J connectivity index is 2.16. The summed E-state index contributed by atoms with van der Waals surface area (Å²) in [6, 6.07) is 0. The van der Waals surface area contributed by atoms with Crippen LogP contribution in [0.3, 0.4) is 0 Å². The van der Waals surface area contributed by atoms with Crippen LogP contribution in [-0.4, -0.2) is 46.5 Å². The Hall–Kier alpha value is -1.47. The van der Waals surface area contributed by atoms with Gasteiger partial charge in [-0.1, -0.05) is 12.2 Å². The number of carbonyl (C=O) groups is 1. The Kier molecular flexibility index (Phi) is 3.86. The summed E-state index contributed by atoms with van der Waals surface area (Å²) in [5.74, 6) is -0.0955. The molecule has 1 fully saturated rings. The van der Waals surface area contributed by atoms with Crippen LogP contribution in [0.1, 0.15) is 29.1 Å². The van der Waals surface area contributed by atoms with E-state index in [1.54, 1.807) is 6.92 Å². The van der Waals surface area contributed by atoms with Gasteiger partial charge in [-0.2, -0.15) is 0 Å². The Morgan fingerprint density at radius 3 is 2.68 bits per heavy atom. The van der Waals surface area contributed by atoms with Crippen molar-refractivity contribution in [2.45, 2.75) is 25.3 Å². The number of likely N-dealkylation sites (tertiary alicyclic amines) is 1. The van der Waals surface area contributed by atoms with Gasteiger partial charge in [0, 0.05) is 13.1 Å². The summed E-state index contributed by atoms with van der Waals surface area (Å²) in [4.78, 5) is 18.6. The van der Waals surface area contributed by atoms with E-state index in [-0.39, 0.29) is 11.7 Å². The minimum absolute atomic E-state index is 0.217. The van der Waals surface area contributed by atoms with Gasteiger partial charge in [0.15, 0.2) is 6.39 Å².